The average Bonchev–Trinajstić information content (AvgIpc) is 2.80. The number of aromatic nitrogens is 2. The number of carboxylic acids is 1. The van der Waals surface area contributed by atoms with Gasteiger partial charge in [0.25, 0.3) is 0 Å². The molecular formula is C14H17N3O4S. The van der Waals surface area contributed by atoms with Crippen molar-refractivity contribution in [2.75, 3.05) is 13.1 Å². The van der Waals surface area contributed by atoms with Crippen LogP contribution in [0.5, 0.6) is 0 Å². The quantitative estimate of drug-likeness (QED) is 0.926. The number of rotatable bonds is 3. The molecular weight excluding hydrogens is 306 g/mol. The highest BCUT2D eigenvalue weighted by Crippen LogP contribution is 2.28. The number of fused-ring (bicyclic) bond motifs is 1. The predicted octanol–water partition coefficient (Wildman–Crippen LogP) is 1.62. The number of aromatic carboxylic acids is 1. The first kappa shape index (κ1) is 15.0. The number of piperidine rings is 1. The van der Waals surface area contributed by atoms with Crippen molar-refractivity contribution in [3.63, 3.8) is 0 Å². The van der Waals surface area contributed by atoms with E-state index in [-0.39, 0.29) is 16.9 Å². The number of hydrogen-bond acceptors (Lipinski definition) is 4. The molecule has 1 aliphatic rings. The molecule has 0 bridgehead atoms. The lowest BCUT2D eigenvalue weighted by atomic mass is 10.2. The summed E-state index contributed by atoms with van der Waals surface area (Å²) < 4.78 is 28.3. The molecule has 8 heteroatoms. The lowest BCUT2D eigenvalue weighted by Gasteiger charge is -2.26. The van der Waals surface area contributed by atoms with Gasteiger partial charge in [-0.2, -0.15) is 12.7 Å². The normalized spacial score (nSPS) is 17.0. The first-order chi connectivity index (χ1) is 10.4. The zero-order chi connectivity index (χ0) is 15.9. The van der Waals surface area contributed by atoms with E-state index in [0.717, 1.165) is 23.2 Å². The molecule has 22 heavy (non-hydrogen) atoms. The lowest BCUT2D eigenvalue weighted by molar-refractivity contribution is 0.0698. The molecule has 0 saturated carbocycles. The Hall–Kier alpha value is -1.93. The number of nitrogens with zero attached hydrogens (tertiary/aromatic N) is 3. The van der Waals surface area contributed by atoms with Crippen molar-refractivity contribution in [3.8, 4) is 0 Å². The summed E-state index contributed by atoms with van der Waals surface area (Å²) in [7, 11) is -3.81. The third-order valence-corrected chi connectivity index (χ3v) is 5.93. The monoisotopic (exact) mass is 323 g/mol. The third kappa shape index (κ3) is 2.19. The minimum absolute atomic E-state index is 0.0105. The van der Waals surface area contributed by atoms with Crippen LogP contribution in [0, 0.1) is 6.92 Å². The molecule has 0 spiro atoms. The van der Waals surface area contributed by atoms with Gasteiger partial charge in [0, 0.05) is 30.4 Å². The van der Waals surface area contributed by atoms with E-state index in [2.05, 4.69) is 4.98 Å². The highest BCUT2D eigenvalue weighted by molar-refractivity contribution is 7.87. The molecule has 3 rings (SSSR count). The Bertz CT molecular complexity index is 835. The minimum atomic E-state index is -3.81. The standard InChI is InChI=1S/C14H17N3O4S/c1-10-12(14(18)19)11-6-5-7-15-13(11)17(10)22(20,21)16-8-3-2-4-9-16/h5-7H,2-4,8-9H2,1H3,(H,18,19). The van der Waals surface area contributed by atoms with Crippen molar-refractivity contribution < 1.29 is 18.3 Å². The van der Waals surface area contributed by atoms with Crippen LogP contribution in [0.4, 0.5) is 0 Å². The van der Waals surface area contributed by atoms with Crippen LogP contribution in [-0.4, -0.2) is 45.8 Å². The van der Waals surface area contributed by atoms with Crippen molar-refractivity contribution in [2.45, 2.75) is 26.2 Å². The lowest BCUT2D eigenvalue weighted by Crippen LogP contribution is -2.39. The van der Waals surface area contributed by atoms with Crippen LogP contribution in [0.15, 0.2) is 18.3 Å². The van der Waals surface area contributed by atoms with Gasteiger partial charge < -0.3 is 5.11 Å². The molecule has 0 amide bonds. The maximum atomic E-state index is 12.9. The van der Waals surface area contributed by atoms with Gasteiger partial charge in [-0.05, 0) is 31.9 Å². The smallest absolute Gasteiger partial charge is 0.338 e. The van der Waals surface area contributed by atoms with E-state index < -0.39 is 16.2 Å². The topological polar surface area (TPSA) is 92.5 Å². The molecule has 7 nitrogen and oxygen atoms in total. The van der Waals surface area contributed by atoms with Crippen molar-refractivity contribution >= 4 is 27.2 Å². The van der Waals surface area contributed by atoms with Gasteiger partial charge in [0.05, 0.1) is 5.56 Å². The summed E-state index contributed by atoms with van der Waals surface area (Å²) in [6, 6.07) is 3.19. The van der Waals surface area contributed by atoms with E-state index in [1.54, 1.807) is 12.1 Å². The van der Waals surface area contributed by atoms with E-state index in [1.807, 2.05) is 0 Å². The Morgan fingerprint density at radius 1 is 1.27 bits per heavy atom. The maximum Gasteiger partial charge on any atom is 0.338 e. The molecule has 0 aliphatic carbocycles. The Morgan fingerprint density at radius 3 is 2.59 bits per heavy atom. The summed E-state index contributed by atoms with van der Waals surface area (Å²) in [6.45, 7) is 2.42. The van der Waals surface area contributed by atoms with Gasteiger partial charge >= 0.3 is 16.2 Å². The summed E-state index contributed by atoms with van der Waals surface area (Å²) in [5, 5.41) is 9.74. The largest absolute Gasteiger partial charge is 0.478 e. The molecule has 0 unspecified atom stereocenters. The summed E-state index contributed by atoms with van der Waals surface area (Å²) in [6.07, 6.45) is 4.11. The van der Waals surface area contributed by atoms with Crippen LogP contribution >= 0.6 is 0 Å². The van der Waals surface area contributed by atoms with Gasteiger partial charge in [0.15, 0.2) is 5.65 Å². The Labute approximate surface area is 128 Å². The molecule has 0 aromatic carbocycles. The van der Waals surface area contributed by atoms with Crippen molar-refractivity contribution in [1.82, 2.24) is 13.3 Å². The maximum absolute atomic E-state index is 12.9. The summed E-state index contributed by atoms with van der Waals surface area (Å²) >= 11 is 0. The van der Waals surface area contributed by atoms with Gasteiger partial charge in [-0.15, -0.1) is 0 Å². The number of carbonyl (C=O) groups is 1. The van der Waals surface area contributed by atoms with Gasteiger partial charge in [-0.1, -0.05) is 6.42 Å². The molecule has 1 saturated heterocycles. The molecule has 118 valence electrons. The molecule has 0 atom stereocenters. The summed E-state index contributed by atoms with van der Waals surface area (Å²) in [5.74, 6) is -1.15. The summed E-state index contributed by atoms with van der Waals surface area (Å²) in [4.78, 5) is 15.6. The number of pyridine rings is 1. The van der Waals surface area contributed by atoms with Gasteiger partial charge in [-0.25, -0.2) is 13.8 Å². The molecule has 1 fully saturated rings. The predicted molar refractivity (Wildman–Crippen MR) is 81.2 cm³/mol. The van der Waals surface area contributed by atoms with Crippen LogP contribution in [-0.2, 0) is 10.2 Å². The molecule has 1 aliphatic heterocycles. The molecule has 1 N–H and O–H groups in total. The molecule has 2 aromatic heterocycles. The van der Waals surface area contributed by atoms with E-state index in [1.165, 1.54) is 17.4 Å². The molecule has 2 aromatic rings. The van der Waals surface area contributed by atoms with Crippen LogP contribution in [0.1, 0.15) is 35.3 Å². The van der Waals surface area contributed by atoms with Crippen LogP contribution in [0.2, 0.25) is 0 Å². The fourth-order valence-electron chi connectivity index (χ4n) is 2.97. The zero-order valence-electron chi connectivity index (χ0n) is 12.2. The SMILES string of the molecule is Cc1c(C(=O)O)c2cccnc2n1S(=O)(=O)N1CCCCC1. The number of hydrogen-bond donors (Lipinski definition) is 1. The Morgan fingerprint density at radius 2 is 1.95 bits per heavy atom. The molecule has 0 radical (unpaired) electrons. The first-order valence-corrected chi connectivity index (χ1v) is 8.54. The highest BCUT2D eigenvalue weighted by atomic mass is 32.2. The Kier molecular flexibility index (Phi) is 3.65. The zero-order valence-corrected chi connectivity index (χ0v) is 13.0. The van der Waals surface area contributed by atoms with E-state index in [9.17, 15) is 18.3 Å². The van der Waals surface area contributed by atoms with Crippen LogP contribution in [0.25, 0.3) is 11.0 Å². The number of carboxylic acid groups (broad SMARTS) is 1. The van der Waals surface area contributed by atoms with E-state index in [0.29, 0.717) is 18.5 Å². The van der Waals surface area contributed by atoms with Gasteiger partial charge in [0.2, 0.25) is 0 Å². The van der Waals surface area contributed by atoms with Crippen molar-refractivity contribution in [3.05, 3.63) is 29.6 Å². The molecule has 3 heterocycles. The van der Waals surface area contributed by atoms with Crippen LogP contribution in [0.3, 0.4) is 0 Å². The fraction of sp³-hybridized carbons (Fsp3) is 0.429. The van der Waals surface area contributed by atoms with Gasteiger partial charge in [0.1, 0.15) is 0 Å². The van der Waals surface area contributed by atoms with Gasteiger partial charge in [-0.3, -0.25) is 0 Å². The second-order valence-electron chi connectivity index (χ2n) is 5.37. The summed E-state index contributed by atoms with van der Waals surface area (Å²) in [5.41, 5.74) is 0.346. The second kappa shape index (κ2) is 5.36. The first-order valence-electron chi connectivity index (χ1n) is 7.14. The average molecular weight is 323 g/mol. The van der Waals surface area contributed by atoms with Crippen LogP contribution < -0.4 is 0 Å². The highest BCUT2D eigenvalue weighted by Gasteiger charge is 2.32. The van der Waals surface area contributed by atoms with E-state index >= 15 is 0 Å². The van der Waals surface area contributed by atoms with Crippen molar-refractivity contribution in [1.29, 1.82) is 0 Å². The van der Waals surface area contributed by atoms with E-state index in [4.69, 9.17) is 0 Å². The Balaban J connectivity index is 2.26. The minimum Gasteiger partial charge on any atom is -0.478 e. The third-order valence-electron chi connectivity index (χ3n) is 4.00. The van der Waals surface area contributed by atoms with Crippen molar-refractivity contribution in [2.24, 2.45) is 0 Å². The fourth-order valence-corrected chi connectivity index (χ4v) is 4.72. The second-order valence-corrected chi connectivity index (χ2v) is 7.15.